The van der Waals surface area contributed by atoms with Crippen LogP contribution in [0.1, 0.15) is 40.0 Å². The molecule has 0 aromatic carbocycles. The largest absolute Gasteiger partial charge is 0.342 e. The van der Waals surface area contributed by atoms with Crippen LogP contribution >= 0.6 is 0 Å². The van der Waals surface area contributed by atoms with E-state index in [4.69, 9.17) is 0 Å². The van der Waals surface area contributed by atoms with Gasteiger partial charge in [0.05, 0.1) is 0 Å². The van der Waals surface area contributed by atoms with Gasteiger partial charge in [-0.15, -0.1) is 0 Å². The molecule has 1 heterocycles. The molecule has 0 saturated carbocycles. The Morgan fingerprint density at radius 3 is 2.69 bits per heavy atom. The van der Waals surface area contributed by atoms with E-state index < -0.39 is 0 Å². The van der Waals surface area contributed by atoms with Crippen molar-refractivity contribution in [1.82, 2.24) is 10.2 Å². The van der Waals surface area contributed by atoms with Gasteiger partial charge >= 0.3 is 0 Å². The maximum Gasteiger partial charge on any atom is 0.227 e. The van der Waals surface area contributed by atoms with Crippen LogP contribution < -0.4 is 5.32 Å². The monoisotopic (exact) mass is 226 g/mol. The van der Waals surface area contributed by atoms with Gasteiger partial charge in [-0.25, -0.2) is 0 Å². The summed E-state index contributed by atoms with van der Waals surface area (Å²) >= 11 is 0. The summed E-state index contributed by atoms with van der Waals surface area (Å²) in [4.78, 5) is 14.2. The van der Waals surface area contributed by atoms with Gasteiger partial charge in [0.15, 0.2) is 0 Å². The minimum atomic E-state index is -0.231. The standard InChI is InChI=1S/C13H26N2O/c1-13(2,3)12(16)15-9-5-6-11(10-15)7-8-14-4/h11,14H,5-10H2,1-4H3. The molecule has 0 spiro atoms. The fraction of sp³-hybridized carbons (Fsp3) is 0.923. The Bertz CT molecular complexity index is 233. The first-order chi connectivity index (χ1) is 7.45. The van der Waals surface area contributed by atoms with Crippen LogP contribution in [0.25, 0.3) is 0 Å². The maximum atomic E-state index is 12.1. The Kier molecular flexibility index (Phi) is 4.78. The summed E-state index contributed by atoms with van der Waals surface area (Å²) in [5.74, 6) is 0.995. The predicted octanol–water partition coefficient (Wildman–Crippen LogP) is 1.88. The molecule has 1 saturated heterocycles. The average Bonchev–Trinajstić information content (AvgIpc) is 2.24. The van der Waals surface area contributed by atoms with E-state index in [1.54, 1.807) is 0 Å². The van der Waals surface area contributed by atoms with E-state index in [1.807, 2.05) is 27.8 Å². The lowest BCUT2D eigenvalue weighted by Gasteiger charge is -2.36. The molecule has 16 heavy (non-hydrogen) atoms. The van der Waals surface area contributed by atoms with Crippen LogP contribution in [0, 0.1) is 11.3 Å². The third-order valence-corrected chi connectivity index (χ3v) is 3.25. The topological polar surface area (TPSA) is 32.3 Å². The third kappa shape index (κ3) is 3.78. The van der Waals surface area contributed by atoms with Crippen molar-refractivity contribution in [2.45, 2.75) is 40.0 Å². The summed E-state index contributed by atoms with van der Waals surface area (Å²) in [5.41, 5.74) is -0.231. The second-order valence-electron chi connectivity index (χ2n) is 5.90. The number of rotatable bonds is 3. The molecule has 94 valence electrons. The maximum absolute atomic E-state index is 12.1. The molecule has 0 aromatic heterocycles. The number of nitrogens with zero attached hydrogens (tertiary/aromatic N) is 1. The number of hydrogen-bond acceptors (Lipinski definition) is 2. The van der Waals surface area contributed by atoms with Gasteiger partial charge in [-0.05, 0) is 38.8 Å². The van der Waals surface area contributed by atoms with E-state index in [-0.39, 0.29) is 5.41 Å². The molecule has 3 heteroatoms. The highest BCUT2D eigenvalue weighted by Gasteiger charge is 2.30. The number of likely N-dealkylation sites (tertiary alicyclic amines) is 1. The zero-order valence-corrected chi connectivity index (χ0v) is 11.2. The SMILES string of the molecule is CNCCC1CCCN(C(=O)C(C)(C)C)C1. The van der Waals surface area contributed by atoms with Crippen LogP contribution in [0.2, 0.25) is 0 Å². The fourth-order valence-electron chi connectivity index (χ4n) is 2.31. The van der Waals surface area contributed by atoms with Crippen LogP contribution in [-0.2, 0) is 4.79 Å². The smallest absolute Gasteiger partial charge is 0.227 e. The molecule has 1 rings (SSSR count). The van der Waals surface area contributed by atoms with Gasteiger partial charge in [0, 0.05) is 18.5 Å². The first-order valence-corrected chi connectivity index (χ1v) is 6.39. The van der Waals surface area contributed by atoms with Crippen molar-refractivity contribution in [2.24, 2.45) is 11.3 Å². The third-order valence-electron chi connectivity index (χ3n) is 3.25. The second kappa shape index (κ2) is 5.67. The van der Waals surface area contributed by atoms with E-state index in [2.05, 4.69) is 10.2 Å². The van der Waals surface area contributed by atoms with Gasteiger partial charge < -0.3 is 10.2 Å². The minimum absolute atomic E-state index is 0.231. The van der Waals surface area contributed by atoms with Crippen LogP contribution in [0.15, 0.2) is 0 Å². The number of piperidine rings is 1. The highest BCUT2D eigenvalue weighted by Crippen LogP contribution is 2.24. The average molecular weight is 226 g/mol. The first kappa shape index (κ1) is 13.5. The lowest BCUT2D eigenvalue weighted by molar-refractivity contribution is -0.141. The molecule has 1 aliphatic rings. The fourth-order valence-corrected chi connectivity index (χ4v) is 2.31. The van der Waals surface area contributed by atoms with Crippen LogP contribution in [0.4, 0.5) is 0 Å². The van der Waals surface area contributed by atoms with Crippen LogP contribution in [0.3, 0.4) is 0 Å². The predicted molar refractivity (Wildman–Crippen MR) is 67.3 cm³/mol. The number of carbonyl (C=O) groups is 1. The molecule has 1 amide bonds. The van der Waals surface area contributed by atoms with Crippen LogP contribution in [0.5, 0.6) is 0 Å². The Morgan fingerprint density at radius 1 is 1.44 bits per heavy atom. The zero-order chi connectivity index (χ0) is 12.2. The molecule has 1 fully saturated rings. The molecule has 0 aromatic rings. The zero-order valence-electron chi connectivity index (χ0n) is 11.2. The van der Waals surface area contributed by atoms with Crippen molar-refractivity contribution >= 4 is 5.91 Å². The molecule has 1 N–H and O–H groups in total. The summed E-state index contributed by atoms with van der Waals surface area (Å²) in [6.07, 6.45) is 3.62. The molecule has 0 aliphatic carbocycles. The van der Waals surface area contributed by atoms with E-state index >= 15 is 0 Å². The molecule has 1 aliphatic heterocycles. The van der Waals surface area contributed by atoms with Crippen LogP contribution in [-0.4, -0.2) is 37.5 Å². The Balaban J connectivity index is 2.47. The molecule has 0 bridgehead atoms. The number of amides is 1. The van der Waals surface area contributed by atoms with E-state index in [9.17, 15) is 4.79 Å². The van der Waals surface area contributed by atoms with Crippen molar-refractivity contribution in [3.8, 4) is 0 Å². The van der Waals surface area contributed by atoms with Crippen molar-refractivity contribution < 1.29 is 4.79 Å². The van der Waals surface area contributed by atoms with Gasteiger partial charge in [0.1, 0.15) is 0 Å². The van der Waals surface area contributed by atoms with Crippen molar-refractivity contribution in [1.29, 1.82) is 0 Å². The van der Waals surface area contributed by atoms with Gasteiger partial charge in [0.25, 0.3) is 0 Å². The summed E-state index contributed by atoms with van der Waals surface area (Å²) < 4.78 is 0. The highest BCUT2D eigenvalue weighted by molar-refractivity contribution is 5.81. The Labute approximate surface area is 99.6 Å². The number of carbonyl (C=O) groups excluding carboxylic acids is 1. The molecule has 3 nitrogen and oxygen atoms in total. The summed E-state index contributed by atoms with van der Waals surface area (Å²) in [5, 5.41) is 3.19. The first-order valence-electron chi connectivity index (χ1n) is 6.39. The Hall–Kier alpha value is -0.570. The molecule has 1 unspecified atom stereocenters. The minimum Gasteiger partial charge on any atom is -0.342 e. The normalized spacial score (nSPS) is 22.2. The molecule has 1 atom stereocenters. The lowest BCUT2D eigenvalue weighted by Crippen LogP contribution is -2.45. The summed E-state index contributed by atoms with van der Waals surface area (Å²) in [6.45, 7) is 8.98. The molecular formula is C13H26N2O. The summed E-state index contributed by atoms with van der Waals surface area (Å²) in [6, 6.07) is 0. The van der Waals surface area contributed by atoms with E-state index in [0.29, 0.717) is 11.8 Å². The molecular weight excluding hydrogens is 200 g/mol. The van der Waals surface area contributed by atoms with Gasteiger partial charge in [-0.3, -0.25) is 4.79 Å². The van der Waals surface area contributed by atoms with E-state index in [0.717, 1.165) is 26.1 Å². The van der Waals surface area contributed by atoms with Crippen molar-refractivity contribution in [3.63, 3.8) is 0 Å². The van der Waals surface area contributed by atoms with E-state index in [1.165, 1.54) is 12.8 Å². The number of hydrogen-bond donors (Lipinski definition) is 1. The van der Waals surface area contributed by atoms with Crippen molar-refractivity contribution in [3.05, 3.63) is 0 Å². The summed E-state index contributed by atoms with van der Waals surface area (Å²) in [7, 11) is 1.99. The van der Waals surface area contributed by atoms with Gasteiger partial charge in [0.2, 0.25) is 5.91 Å². The Morgan fingerprint density at radius 2 is 2.12 bits per heavy atom. The highest BCUT2D eigenvalue weighted by atomic mass is 16.2. The van der Waals surface area contributed by atoms with Gasteiger partial charge in [-0.1, -0.05) is 20.8 Å². The lowest BCUT2D eigenvalue weighted by atomic mass is 9.90. The van der Waals surface area contributed by atoms with Gasteiger partial charge in [-0.2, -0.15) is 0 Å². The second-order valence-corrected chi connectivity index (χ2v) is 5.90. The quantitative estimate of drug-likeness (QED) is 0.797. The number of nitrogens with one attached hydrogen (secondary N) is 1. The molecule has 0 radical (unpaired) electrons. The van der Waals surface area contributed by atoms with Crippen molar-refractivity contribution in [2.75, 3.05) is 26.7 Å².